The van der Waals surface area contributed by atoms with Gasteiger partial charge in [-0.05, 0) is 19.1 Å². The zero-order chi connectivity index (χ0) is 17.3. The number of aryl methyl sites for hydroxylation is 1. The lowest BCUT2D eigenvalue weighted by Gasteiger charge is -2.25. The molecule has 2 atom stereocenters. The van der Waals surface area contributed by atoms with Crippen LogP contribution in [0.5, 0.6) is 0 Å². The van der Waals surface area contributed by atoms with E-state index in [1.807, 2.05) is 42.9 Å². The lowest BCUT2D eigenvalue weighted by molar-refractivity contribution is -0.127. The van der Waals surface area contributed by atoms with Crippen molar-refractivity contribution in [2.75, 3.05) is 18.9 Å². The number of carbonyl (C=O) groups excluding carboxylic acids is 1. The van der Waals surface area contributed by atoms with E-state index in [0.29, 0.717) is 24.3 Å². The fraction of sp³-hybridized carbons (Fsp3) is 0.412. The van der Waals surface area contributed by atoms with Gasteiger partial charge in [0.2, 0.25) is 5.91 Å². The molecule has 0 spiro atoms. The van der Waals surface area contributed by atoms with Crippen molar-refractivity contribution in [1.82, 2.24) is 19.7 Å². The maximum Gasteiger partial charge on any atom is 0.223 e. The molecular formula is C17H20N6O. The third kappa shape index (κ3) is 2.83. The lowest BCUT2D eigenvalue weighted by atomic mass is 9.94. The van der Waals surface area contributed by atoms with Crippen LogP contribution in [0, 0.1) is 24.2 Å². The molecule has 0 saturated carbocycles. The zero-order valence-electron chi connectivity index (χ0n) is 14.0. The van der Waals surface area contributed by atoms with Gasteiger partial charge >= 0.3 is 0 Å². The first kappa shape index (κ1) is 16.0. The first-order chi connectivity index (χ1) is 11.5. The van der Waals surface area contributed by atoms with Crippen molar-refractivity contribution in [2.45, 2.75) is 19.4 Å². The Morgan fingerprint density at radius 3 is 2.75 bits per heavy atom. The second kappa shape index (κ2) is 6.32. The average Bonchev–Trinajstić information content (AvgIpc) is 3.06. The molecule has 3 rings (SSSR count). The van der Waals surface area contributed by atoms with E-state index in [2.05, 4.69) is 15.4 Å². The molecule has 0 radical (unpaired) electrons. The van der Waals surface area contributed by atoms with Crippen LogP contribution in [-0.2, 0) is 11.8 Å². The number of hydrogen-bond donors (Lipinski definition) is 1. The Hall–Kier alpha value is -2.88. The van der Waals surface area contributed by atoms with Crippen LogP contribution in [0.3, 0.4) is 0 Å². The number of nitriles is 1. The van der Waals surface area contributed by atoms with Gasteiger partial charge in [-0.25, -0.2) is 4.98 Å². The van der Waals surface area contributed by atoms with Crippen molar-refractivity contribution in [3.05, 3.63) is 41.3 Å². The molecule has 1 fully saturated rings. The largest absolute Gasteiger partial charge is 0.370 e. The van der Waals surface area contributed by atoms with E-state index in [1.165, 1.54) is 6.20 Å². The van der Waals surface area contributed by atoms with Gasteiger partial charge in [0, 0.05) is 50.4 Å². The summed E-state index contributed by atoms with van der Waals surface area (Å²) in [6.45, 7) is 2.65. The van der Waals surface area contributed by atoms with Crippen LogP contribution in [0.4, 0.5) is 5.82 Å². The topological polar surface area (TPSA) is 86.8 Å². The maximum absolute atomic E-state index is 12.2. The highest BCUT2D eigenvalue weighted by Crippen LogP contribution is 2.38. The van der Waals surface area contributed by atoms with Gasteiger partial charge in [-0.2, -0.15) is 10.4 Å². The molecule has 24 heavy (non-hydrogen) atoms. The van der Waals surface area contributed by atoms with Gasteiger partial charge in [-0.1, -0.05) is 0 Å². The molecule has 2 aromatic rings. The number of amides is 1. The fourth-order valence-corrected chi connectivity index (χ4v) is 3.20. The van der Waals surface area contributed by atoms with Crippen molar-refractivity contribution in [3.63, 3.8) is 0 Å². The number of nitrogens with one attached hydrogen (secondary N) is 1. The Labute approximate surface area is 140 Å². The van der Waals surface area contributed by atoms with Crippen molar-refractivity contribution in [3.8, 4) is 6.07 Å². The highest BCUT2D eigenvalue weighted by Gasteiger charge is 2.39. The summed E-state index contributed by atoms with van der Waals surface area (Å²) < 4.78 is 1.83. The number of anilines is 1. The molecule has 0 aromatic carbocycles. The van der Waals surface area contributed by atoms with Crippen molar-refractivity contribution < 1.29 is 4.79 Å². The van der Waals surface area contributed by atoms with Gasteiger partial charge < -0.3 is 10.2 Å². The predicted octanol–water partition coefficient (Wildman–Crippen LogP) is 1.63. The monoisotopic (exact) mass is 324 g/mol. The predicted molar refractivity (Wildman–Crippen MR) is 89.0 cm³/mol. The Balaban J connectivity index is 1.76. The van der Waals surface area contributed by atoms with Crippen LogP contribution in [0.15, 0.2) is 24.5 Å². The Morgan fingerprint density at radius 2 is 2.17 bits per heavy atom. The smallest absolute Gasteiger partial charge is 0.223 e. The lowest BCUT2D eigenvalue weighted by Crippen LogP contribution is -2.27. The summed E-state index contributed by atoms with van der Waals surface area (Å²) in [6, 6.07) is 5.57. The van der Waals surface area contributed by atoms with Crippen molar-refractivity contribution in [1.29, 1.82) is 5.26 Å². The highest BCUT2D eigenvalue weighted by molar-refractivity contribution is 5.79. The van der Waals surface area contributed by atoms with Gasteiger partial charge in [0.05, 0.1) is 17.8 Å². The zero-order valence-corrected chi connectivity index (χ0v) is 14.0. The fourth-order valence-electron chi connectivity index (χ4n) is 3.20. The third-order valence-electron chi connectivity index (χ3n) is 4.72. The Kier molecular flexibility index (Phi) is 4.21. The van der Waals surface area contributed by atoms with Crippen molar-refractivity contribution in [2.24, 2.45) is 13.0 Å². The number of rotatable bonds is 4. The second-order valence-electron chi connectivity index (χ2n) is 6.15. The molecule has 7 heteroatoms. The number of nitrogens with zero attached hydrogens (tertiary/aromatic N) is 5. The van der Waals surface area contributed by atoms with Crippen LogP contribution >= 0.6 is 0 Å². The molecule has 2 aromatic heterocycles. The number of pyridine rings is 1. The minimum atomic E-state index is 0.0112. The molecule has 7 nitrogen and oxygen atoms in total. The summed E-state index contributed by atoms with van der Waals surface area (Å²) in [4.78, 5) is 18.2. The summed E-state index contributed by atoms with van der Waals surface area (Å²) in [6.07, 6.45) is 3.89. The minimum absolute atomic E-state index is 0.0112. The molecule has 124 valence electrons. The van der Waals surface area contributed by atoms with Crippen LogP contribution in [0.2, 0.25) is 0 Å². The SMILES string of the molecule is Cc1c([C@H]2[C@H](CNc3ccc(C#N)cn3)CC(=O)N2C)cnn1C. The molecule has 1 N–H and O–H groups in total. The van der Waals surface area contributed by atoms with Crippen LogP contribution in [0.25, 0.3) is 0 Å². The average molecular weight is 324 g/mol. The van der Waals surface area contributed by atoms with E-state index in [1.54, 1.807) is 12.1 Å². The highest BCUT2D eigenvalue weighted by atomic mass is 16.2. The molecule has 3 heterocycles. The van der Waals surface area contributed by atoms with Crippen LogP contribution < -0.4 is 5.32 Å². The number of carbonyl (C=O) groups is 1. The molecule has 1 saturated heterocycles. The van der Waals surface area contributed by atoms with Crippen LogP contribution in [0.1, 0.15) is 29.3 Å². The normalized spacial score (nSPS) is 20.2. The van der Waals surface area contributed by atoms with Gasteiger partial charge in [-0.3, -0.25) is 9.48 Å². The van der Waals surface area contributed by atoms with Crippen molar-refractivity contribution >= 4 is 11.7 Å². The Morgan fingerprint density at radius 1 is 1.38 bits per heavy atom. The quantitative estimate of drug-likeness (QED) is 0.923. The van der Waals surface area contributed by atoms with E-state index < -0.39 is 0 Å². The number of likely N-dealkylation sites (tertiary alicyclic amines) is 1. The van der Waals surface area contributed by atoms with E-state index in [-0.39, 0.29) is 17.9 Å². The summed E-state index contributed by atoms with van der Waals surface area (Å²) in [5, 5.41) is 16.4. The Bertz CT molecular complexity index is 788. The summed E-state index contributed by atoms with van der Waals surface area (Å²) >= 11 is 0. The molecule has 1 aliphatic rings. The second-order valence-corrected chi connectivity index (χ2v) is 6.15. The standard InChI is InChI=1S/C17H20N6O/c1-11-14(10-21-23(11)3)17-13(6-16(24)22(17)2)9-20-15-5-4-12(7-18)8-19-15/h4-5,8,10,13,17H,6,9H2,1-3H3,(H,19,20)/t13-,17+/m0/s1. The summed E-state index contributed by atoms with van der Waals surface area (Å²) in [5.41, 5.74) is 2.69. The first-order valence-electron chi connectivity index (χ1n) is 7.85. The van der Waals surface area contributed by atoms with Gasteiger partial charge in [0.15, 0.2) is 0 Å². The van der Waals surface area contributed by atoms with E-state index in [4.69, 9.17) is 5.26 Å². The molecule has 1 amide bonds. The van der Waals surface area contributed by atoms with Crippen LogP contribution in [-0.4, -0.2) is 39.2 Å². The van der Waals surface area contributed by atoms with Gasteiger partial charge in [0.1, 0.15) is 11.9 Å². The minimum Gasteiger partial charge on any atom is -0.370 e. The molecule has 0 bridgehead atoms. The summed E-state index contributed by atoms with van der Waals surface area (Å²) in [5.74, 6) is 0.989. The number of hydrogen-bond acceptors (Lipinski definition) is 5. The van der Waals surface area contributed by atoms with Gasteiger partial charge in [-0.15, -0.1) is 0 Å². The number of aromatic nitrogens is 3. The van der Waals surface area contributed by atoms with Gasteiger partial charge in [0.25, 0.3) is 0 Å². The third-order valence-corrected chi connectivity index (χ3v) is 4.72. The molecular weight excluding hydrogens is 304 g/mol. The summed E-state index contributed by atoms with van der Waals surface area (Å²) in [7, 11) is 3.75. The van der Waals surface area contributed by atoms with E-state index >= 15 is 0 Å². The molecule has 1 aliphatic heterocycles. The molecule has 0 aliphatic carbocycles. The van der Waals surface area contributed by atoms with E-state index in [9.17, 15) is 4.79 Å². The van der Waals surface area contributed by atoms with E-state index in [0.717, 1.165) is 11.3 Å². The molecule has 0 unspecified atom stereocenters. The maximum atomic E-state index is 12.2. The first-order valence-corrected chi connectivity index (χ1v) is 7.85.